The van der Waals surface area contributed by atoms with Gasteiger partial charge in [-0.1, -0.05) is 32.6 Å². The average Bonchev–Trinajstić information content (AvgIpc) is 2.50. The van der Waals surface area contributed by atoms with Crippen LogP contribution in [0.3, 0.4) is 0 Å². The summed E-state index contributed by atoms with van der Waals surface area (Å²) in [5.41, 5.74) is 1.15. The predicted octanol–water partition coefficient (Wildman–Crippen LogP) is 3.80. The fourth-order valence-electron chi connectivity index (χ4n) is 1.82. The molecule has 1 heterocycles. The number of rotatable bonds is 5. The second-order valence-electron chi connectivity index (χ2n) is 3.64. The Balaban J connectivity index is 1.86. The molecule has 0 amide bonds. The molecule has 0 aromatic heterocycles. The van der Waals surface area contributed by atoms with Crippen molar-refractivity contribution in [1.82, 2.24) is 0 Å². The molecule has 2 atom stereocenters. The average molecular weight is 172 g/mol. The Hall–Kier alpha value is 0.430. The van der Waals surface area contributed by atoms with Crippen LogP contribution in [0.5, 0.6) is 0 Å². The maximum absolute atomic E-state index is 2.29. The van der Waals surface area contributed by atoms with Crippen molar-refractivity contribution in [3.63, 3.8) is 0 Å². The summed E-state index contributed by atoms with van der Waals surface area (Å²) >= 11 is 0. The van der Waals surface area contributed by atoms with Crippen molar-refractivity contribution in [2.75, 3.05) is 6.16 Å². The first kappa shape index (κ1) is 9.52. The number of hydrogen-bond donors (Lipinski definition) is 0. The third-order valence-corrected chi connectivity index (χ3v) is 4.37. The van der Waals surface area contributed by atoms with Crippen molar-refractivity contribution in [3.05, 3.63) is 0 Å². The van der Waals surface area contributed by atoms with Crippen LogP contribution in [0, 0.1) is 0 Å². The normalized spacial score (nSPS) is 26.5. The first-order valence-electron chi connectivity index (χ1n) is 5.17. The van der Waals surface area contributed by atoms with Gasteiger partial charge in [-0.2, -0.15) is 0 Å². The minimum absolute atomic E-state index is 1.15. The van der Waals surface area contributed by atoms with Crippen LogP contribution in [0.25, 0.3) is 0 Å². The van der Waals surface area contributed by atoms with Crippen LogP contribution in [0.4, 0.5) is 0 Å². The summed E-state index contributed by atoms with van der Waals surface area (Å²) in [6.07, 6.45) is 12.0. The third kappa shape index (κ3) is 4.11. The maximum Gasteiger partial charge on any atom is -0.0237 e. The van der Waals surface area contributed by atoms with Gasteiger partial charge in [-0.05, 0) is 31.1 Å². The van der Waals surface area contributed by atoms with Crippen molar-refractivity contribution in [1.29, 1.82) is 0 Å². The van der Waals surface area contributed by atoms with Crippen molar-refractivity contribution < 1.29 is 0 Å². The van der Waals surface area contributed by atoms with Gasteiger partial charge in [0.25, 0.3) is 0 Å². The summed E-state index contributed by atoms with van der Waals surface area (Å²) in [5.74, 6) is 0. The second kappa shape index (κ2) is 6.00. The third-order valence-electron chi connectivity index (χ3n) is 2.57. The van der Waals surface area contributed by atoms with Crippen molar-refractivity contribution in [2.45, 2.75) is 57.5 Å². The Labute approximate surface area is 72.9 Å². The highest BCUT2D eigenvalue weighted by Gasteiger charge is 2.13. The van der Waals surface area contributed by atoms with E-state index in [2.05, 4.69) is 6.92 Å². The Morgan fingerprint density at radius 3 is 2.82 bits per heavy atom. The zero-order chi connectivity index (χ0) is 7.94. The molecule has 1 aliphatic rings. The lowest BCUT2D eigenvalue weighted by atomic mass is 10.1. The molecule has 66 valence electrons. The van der Waals surface area contributed by atoms with E-state index in [9.17, 15) is 0 Å². The molecule has 1 rings (SSSR count). The van der Waals surface area contributed by atoms with E-state index in [1.165, 1.54) is 40.7 Å². The van der Waals surface area contributed by atoms with Gasteiger partial charge in [0, 0.05) is 0 Å². The van der Waals surface area contributed by atoms with Gasteiger partial charge in [0.05, 0.1) is 0 Å². The van der Waals surface area contributed by atoms with Gasteiger partial charge in [0.1, 0.15) is 0 Å². The highest BCUT2D eigenvalue weighted by molar-refractivity contribution is 7.39. The second-order valence-corrected chi connectivity index (χ2v) is 5.37. The van der Waals surface area contributed by atoms with Gasteiger partial charge in [-0.15, -0.1) is 8.58 Å². The van der Waals surface area contributed by atoms with Gasteiger partial charge in [-0.3, -0.25) is 0 Å². The summed E-state index contributed by atoms with van der Waals surface area (Å²) in [6, 6.07) is 0. The molecule has 11 heavy (non-hydrogen) atoms. The summed E-state index contributed by atoms with van der Waals surface area (Å²) in [6.45, 7) is 2.29. The molecular weight excluding hydrogens is 151 g/mol. The van der Waals surface area contributed by atoms with Crippen molar-refractivity contribution in [2.24, 2.45) is 0 Å². The highest BCUT2D eigenvalue weighted by Crippen LogP contribution is 2.35. The molecule has 1 aliphatic heterocycles. The fraction of sp³-hybridized carbons (Fsp3) is 1.00. The standard InChI is InChI=1S/C10H21P/c1-2-3-4-5-7-10-8-6-9-11-10/h10-11H,2-9H2,1H3. The number of unbranched alkanes of at least 4 members (excludes halogenated alkanes) is 3. The first-order chi connectivity index (χ1) is 5.43. The van der Waals surface area contributed by atoms with Crippen LogP contribution < -0.4 is 0 Å². The van der Waals surface area contributed by atoms with Gasteiger partial charge >= 0.3 is 0 Å². The first-order valence-corrected chi connectivity index (χ1v) is 6.45. The molecule has 1 saturated heterocycles. The molecule has 1 fully saturated rings. The van der Waals surface area contributed by atoms with Gasteiger partial charge in [0.15, 0.2) is 0 Å². The largest absolute Gasteiger partial charge is 0.119 e. The molecule has 0 aliphatic carbocycles. The van der Waals surface area contributed by atoms with Crippen molar-refractivity contribution in [3.8, 4) is 0 Å². The monoisotopic (exact) mass is 172 g/mol. The molecule has 0 radical (unpaired) electrons. The molecule has 0 aromatic carbocycles. The topological polar surface area (TPSA) is 0 Å². The molecule has 0 aromatic rings. The van der Waals surface area contributed by atoms with Gasteiger partial charge < -0.3 is 0 Å². The lowest BCUT2D eigenvalue weighted by molar-refractivity contribution is 0.606. The van der Waals surface area contributed by atoms with Crippen molar-refractivity contribution >= 4 is 8.58 Å². The van der Waals surface area contributed by atoms with E-state index in [0.29, 0.717) is 0 Å². The molecule has 0 bridgehead atoms. The Bertz CT molecular complexity index is 84.9. The summed E-state index contributed by atoms with van der Waals surface area (Å²) < 4.78 is 0. The molecule has 0 N–H and O–H groups in total. The summed E-state index contributed by atoms with van der Waals surface area (Å²) in [4.78, 5) is 0. The minimum Gasteiger partial charge on any atom is -0.119 e. The SMILES string of the molecule is CCCCCCC1CCCP1. The Morgan fingerprint density at radius 2 is 2.18 bits per heavy atom. The number of hydrogen-bond acceptors (Lipinski definition) is 0. The van der Waals surface area contributed by atoms with Crippen LogP contribution in [-0.4, -0.2) is 11.8 Å². The molecule has 0 nitrogen and oxygen atoms in total. The molecule has 0 spiro atoms. The summed E-state index contributed by atoms with van der Waals surface area (Å²) in [7, 11) is 1.31. The van der Waals surface area contributed by atoms with E-state index >= 15 is 0 Å². The zero-order valence-corrected chi connectivity index (χ0v) is 8.73. The highest BCUT2D eigenvalue weighted by atomic mass is 31.1. The fourth-order valence-corrected chi connectivity index (χ4v) is 3.45. The van der Waals surface area contributed by atoms with E-state index in [1.54, 1.807) is 19.0 Å². The molecular formula is C10H21P. The van der Waals surface area contributed by atoms with Gasteiger partial charge in [0.2, 0.25) is 0 Å². The van der Waals surface area contributed by atoms with E-state index in [0.717, 1.165) is 5.66 Å². The smallest absolute Gasteiger partial charge is 0.0237 e. The van der Waals surface area contributed by atoms with E-state index in [4.69, 9.17) is 0 Å². The molecule has 1 heteroatoms. The van der Waals surface area contributed by atoms with Crippen LogP contribution in [0.15, 0.2) is 0 Å². The maximum atomic E-state index is 2.29. The van der Waals surface area contributed by atoms with Crippen LogP contribution in [0.2, 0.25) is 0 Å². The quantitative estimate of drug-likeness (QED) is 0.437. The lowest BCUT2D eigenvalue weighted by Crippen LogP contribution is -1.93. The van der Waals surface area contributed by atoms with Crippen LogP contribution >= 0.6 is 8.58 Å². The van der Waals surface area contributed by atoms with Crippen LogP contribution in [-0.2, 0) is 0 Å². The zero-order valence-electron chi connectivity index (χ0n) is 7.73. The lowest BCUT2D eigenvalue weighted by Gasteiger charge is -2.06. The Kier molecular flexibility index (Phi) is 5.19. The Morgan fingerprint density at radius 1 is 1.27 bits per heavy atom. The van der Waals surface area contributed by atoms with E-state index in [1.807, 2.05) is 0 Å². The molecule has 0 saturated carbocycles. The van der Waals surface area contributed by atoms with Crippen LogP contribution in [0.1, 0.15) is 51.9 Å². The van der Waals surface area contributed by atoms with Gasteiger partial charge in [-0.25, -0.2) is 0 Å². The van der Waals surface area contributed by atoms with E-state index in [-0.39, 0.29) is 0 Å². The molecule has 2 unspecified atom stereocenters. The minimum atomic E-state index is 1.15. The van der Waals surface area contributed by atoms with E-state index < -0.39 is 0 Å². The summed E-state index contributed by atoms with van der Waals surface area (Å²) in [5, 5.41) is 0. The predicted molar refractivity (Wildman–Crippen MR) is 55.0 cm³/mol.